The second-order valence-electron chi connectivity index (χ2n) is 5.73. The average molecular weight is 342 g/mol. The van der Waals surface area contributed by atoms with Crippen LogP contribution in [-0.2, 0) is 6.54 Å². The molecule has 0 aliphatic carbocycles. The smallest absolute Gasteiger partial charge is 0.119 e. The van der Waals surface area contributed by atoms with Gasteiger partial charge >= 0.3 is 0 Å². The first-order valence-corrected chi connectivity index (χ1v) is 8.46. The molecule has 0 fully saturated rings. The molecule has 20 heavy (non-hydrogen) atoms. The molecule has 0 aromatic heterocycles. The van der Waals surface area contributed by atoms with Crippen LogP contribution in [-0.4, -0.2) is 13.7 Å². The van der Waals surface area contributed by atoms with Gasteiger partial charge in [-0.05, 0) is 42.6 Å². The third-order valence-electron chi connectivity index (χ3n) is 3.45. The van der Waals surface area contributed by atoms with Crippen LogP contribution >= 0.6 is 15.9 Å². The van der Waals surface area contributed by atoms with Crippen molar-refractivity contribution in [1.82, 2.24) is 5.32 Å². The van der Waals surface area contributed by atoms with E-state index in [0.717, 1.165) is 29.2 Å². The zero-order valence-corrected chi connectivity index (χ0v) is 14.6. The number of unbranched alkanes of at least 4 members (excludes halogenated alkanes) is 3. The fourth-order valence-corrected chi connectivity index (χ4v) is 2.58. The maximum atomic E-state index is 5.25. The molecule has 0 spiro atoms. The van der Waals surface area contributed by atoms with Gasteiger partial charge in [0.15, 0.2) is 0 Å². The van der Waals surface area contributed by atoms with Gasteiger partial charge in [0.1, 0.15) is 5.75 Å². The first-order chi connectivity index (χ1) is 9.63. The first-order valence-electron chi connectivity index (χ1n) is 7.66. The van der Waals surface area contributed by atoms with Crippen LogP contribution in [0.5, 0.6) is 5.75 Å². The summed E-state index contributed by atoms with van der Waals surface area (Å²) in [5.41, 5.74) is 1.25. The van der Waals surface area contributed by atoms with Gasteiger partial charge in [-0.15, -0.1) is 0 Å². The highest BCUT2D eigenvalue weighted by atomic mass is 79.9. The molecule has 0 atom stereocenters. The van der Waals surface area contributed by atoms with Gasteiger partial charge in [-0.1, -0.05) is 55.5 Å². The normalized spacial score (nSPS) is 11.1. The highest BCUT2D eigenvalue weighted by molar-refractivity contribution is 9.10. The predicted molar refractivity (Wildman–Crippen MR) is 90.3 cm³/mol. The number of halogens is 1. The van der Waals surface area contributed by atoms with E-state index in [4.69, 9.17) is 4.74 Å². The number of hydrogen-bond donors (Lipinski definition) is 1. The molecule has 3 heteroatoms. The molecule has 1 aromatic carbocycles. The standard InChI is InChI=1S/C17H28BrNO/c1-14(2)8-6-4-5-7-11-19-13-15-12-16(20-3)9-10-17(15)18/h9-10,12,14,19H,4-8,11,13H2,1-3H3. The van der Waals surface area contributed by atoms with Crippen LogP contribution in [0.25, 0.3) is 0 Å². The molecule has 1 N–H and O–H groups in total. The predicted octanol–water partition coefficient (Wildman–Crippen LogP) is 5.15. The fraction of sp³-hybridized carbons (Fsp3) is 0.647. The average Bonchev–Trinajstić information content (AvgIpc) is 2.43. The van der Waals surface area contributed by atoms with E-state index in [1.54, 1.807) is 7.11 Å². The maximum Gasteiger partial charge on any atom is 0.119 e. The Balaban J connectivity index is 2.12. The molecular formula is C17H28BrNO. The third-order valence-corrected chi connectivity index (χ3v) is 4.23. The Morgan fingerprint density at radius 2 is 1.90 bits per heavy atom. The largest absolute Gasteiger partial charge is 0.497 e. The van der Waals surface area contributed by atoms with E-state index in [0.29, 0.717) is 0 Å². The number of rotatable bonds is 10. The van der Waals surface area contributed by atoms with E-state index in [2.05, 4.69) is 41.2 Å². The van der Waals surface area contributed by atoms with Gasteiger partial charge in [0.2, 0.25) is 0 Å². The summed E-state index contributed by atoms with van der Waals surface area (Å²) in [6.07, 6.45) is 6.70. The summed E-state index contributed by atoms with van der Waals surface area (Å²) in [7, 11) is 1.71. The molecule has 0 aliphatic heterocycles. The van der Waals surface area contributed by atoms with Crippen LogP contribution in [0, 0.1) is 5.92 Å². The minimum absolute atomic E-state index is 0.846. The van der Waals surface area contributed by atoms with Gasteiger partial charge in [-0.2, -0.15) is 0 Å². The molecule has 0 radical (unpaired) electrons. The second kappa shape index (κ2) is 10.2. The lowest BCUT2D eigenvalue weighted by Crippen LogP contribution is -2.15. The number of nitrogens with one attached hydrogen (secondary N) is 1. The Hall–Kier alpha value is -0.540. The van der Waals surface area contributed by atoms with Crippen LogP contribution in [0.15, 0.2) is 22.7 Å². The van der Waals surface area contributed by atoms with Crippen LogP contribution in [0.4, 0.5) is 0 Å². The highest BCUT2D eigenvalue weighted by Crippen LogP contribution is 2.22. The summed E-state index contributed by atoms with van der Waals surface area (Å²) in [5.74, 6) is 1.76. The highest BCUT2D eigenvalue weighted by Gasteiger charge is 2.01. The summed E-state index contributed by atoms with van der Waals surface area (Å²) >= 11 is 3.58. The molecular weight excluding hydrogens is 314 g/mol. The van der Waals surface area contributed by atoms with Gasteiger partial charge in [0, 0.05) is 11.0 Å². The van der Waals surface area contributed by atoms with Crippen LogP contribution < -0.4 is 10.1 Å². The van der Waals surface area contributed by atoms with Crippen molar-refractivity contribution in [3.8, 4) is 5.75 Å². The third kappa shape index (κ3) is 7.30. The fourth-order valence-electron chi connectivity index (χ4n) is 2.19. The molecule has 0 amide bonds. The van der Waals surface area contributed by atoms with Crippen LogP contribution in [0.2, 0.25) is 0 Å². The van der Waals surface area contributed by atoms with Gasteiger partial charge in [-0.3, -0.25) is 0 Å². The van der Waals surface area contributed by atoms with Crippen molar-refractivity contribution in [2.75, 3.05) is 13.7 Å². The van der Waals surface area contributed by atoms with Gasteiger partial charge in [0.25, 0.3) is 0 Å². The zero-order chi connectivity index (χ0) is 14.8. The maximum absolute atomic E-state index is 5.25. The summed E-state index contributed by atoms with van der Waals surface area (Å²) < 4.78 is 6.39. The Kier molecular flexibility index (Phi) is 8.95. The van der Waals surface area contributed by atoms with E-state index < -0.39 is 0 Å². The van der Waals surface area contributed by atoms with Gasteiger partial charge < -0.3 is 10.1 Å². The molecule has 0 aliphatic rings. The quantitative estimate of drug-likeness (QED) is 0.594. The number of benzene rings is 1. The van der Waals surface area contributed by atoms with Crippen molar-refractivity contribution in [2.24, 2.45) is 5.92 Å². The summed E-state index contributed by atoms with van der Waals surface area (Å²) in [4.78, 5) is 0. The van der Waals surface area contributed by atoms with Crippen molar-refractivity contribution < 1.29 is 4.74 Å². The molecule has 0 saturated carbocycles. The number of methoxy groups -OCH3 is 1. The zero-order valence-electron chi connectivity index (χ0n) is 13.0. The Bertz CT molecular complexity index is 379. The molecule has 0 heterocycles. The van der Waals surface area contributed by atoms with E-state index in [-0.39, 0.29) is 0 Å². The molecule has 0 saturated heterocycles. The Morgan fingerprint density at radius 1 is 1.15 bits per heavy atom. The lowest BCUT2D eigenvalue weighted by molar-refractivity contribution is 0.414. The van der Waals surface area contributed by atoms with E-state index in [1.807, 2.05) is 12.1 Å². The molecule has 2 nitrogen and oxygen atoms in total. The minimum atomic E-state index is 0.846. The van der Waals surface area contributed by atoms with Crippen molar-refractivity contribution in [3.05, 3.63) is 28.2 Å². The lowest BCUT2D eigenvalue weighted by Gasteiger charge is -2.09. The summed E-state index contributed by atoms with van der Waals surface area (Å²) in [5, 5.41) is 3.51. The molecule has 1 aromatic rings. The molecule has 1 rings (SSSR count). The summed E-state index contributed by atoms with van der Waals surface area (Å²) in [6, 6.07) is 6.10. The van der Waals surface area contributed by atoms with Gasteiger partial charge in [-0.25, -0.2) is 0 Å². The Labute approximate surface area is 132 Å². The van der Waals surface area contributed by atoms with Crippen molar-refractivity contribution in [2.45, 2.75) is 52.5 Å². The van der Waals surface area contributed by atoms with Gasteiger partial charge in [0.05, 0.1) is 7.11 Å². The number of ether oxygens (including phenoxy) is 1. The monoisotopic (exact) mass is 341 g/mol. The van der Waals surface area contributed by atoms with Crippen molar-refractivity contribution in [3.63, 3.8) is 0 Å². The van der Waals surface area contributed by atoms with E-state index in [1.165, 1.54) is 37.7 Å². The second-order valence-corrected chi connectivity index (χ2v) is 6.59. The lowest BCUT2D eigenvalue weighted by atomic mass is 10.0. The van der Waals surface area contributed by atoms with E-state index in [9.17, 15) is 0 Å². The Morgan fingerprint density at radius 3 is 2.60 bits per heavy atom. The topological polar surface area (TPSA) is 21.3 Å². The molecule has 114 valence electrons. The molecule has 0 bridgehead atoms. The van der Waals surface area contributed by atoms with Crippen molar-refractivity contribution in [1.29, 1.82) is 0 Å². The van der Waals surface area contributed by atoms with Crippen molar-refractivity contribution >= 4 is 15.9 Å². The van der Waals surface area contributed by atoms with Crippen LogP contribution in [0.1, 0.15) is 51.5 Å². The van der Waals surface area contributed by atoms with E-state index >= 15 is 0 Å². The summed E-state index contributed by atoms with van der Waals surface area (Å²) in [6.45, 7) is 6.58. The first kappa shape index (κ1) is 17.5. The number of hydrogen-bond acceptors (Lipinski definition) is 2. The minimum Gasteiger partial charge on any atom is -0.497 e. The van der Waals surface area contributed by atoms with Crippen LogP contribution in [0.3, 0.4) is 0 Å². The SMILES string of the molecule is COc1ccc(Br)c(CNCCCCCCC(C)C)c1. The molecule has 0 unspecified atom stereocenters.